The van der Waals surface area contributed by atoms with E-state index in [9.17, 15) is 13.2 Å². The third kappa shape index (κ3) is 2.40. The van der Waals surface area contributed by atoms with Crippen LogP contribution in [0.1, 0.15) is 6.42 Å². The van der Waals surface area contributed by atoms with E-state index >= 15 is 0 Å². The lowest BCUT2D eigenvalue weighted by Gasteiger charge is -2.13. The van der Waals surface area contributed by atoms with Gasteiger partial charge >= 0.3 is 0 Å². The predicted molar refractivity (Wildman–Crippen MR) is 55.7 cm³/mol. The standard InChI is InChI=1S/C10H10F3NS/c11-6-3-8(12)10(13)9(4-6)14-7-1-2-15-5-7/h3-4,7,14H,1-2,5H2. The van der Waals surface area contributed by atoms with Gasteiger partial charge in [0.05, 0.1) is 5.69 Å². The van der Waals surface area contributed by atoms with Gasteiger partial charge in [-0.05, 0) is 12.2 Å². The monoisotopic (exact) mass is 233 g/mol. The first-order chi connectivity index (χ1) is 7.16. The molecule has 1 aromatic carbocycles. The van der Waals surface area contributed by atoms with Crippen molar-refractivity contribution in [3.63, 3.8) is 0 Å². The van der Waals surface area contributed by atoms with Crippen molar-refractivity contribution in [1.29, 1.82) is 0 Å². The van der Waals surface area contributed by atoms with Gasteiger partial charge in [0.25, 0.3) is 0 Å². The van der Waals surface area contributed by atoms with Gasteiger partial charge in [0.1, 0.15) is 5.82 Å². The van der Waals surface area contributed by atoms with Crippen molar-refractivity contribution in [1.82, 2.24) is 0 Å². The fourth-order valence-electron chi connectivity index (χ4n) is 1.53. The molecule has 1 heterocycles. The lowest BCUT2D eigenvalue weighted by molar-refractivity contribution is 0.496. The number of halogens is 3. The van der Waals surface area contributed by atoms with Crippen molar-refractivity contribution in [2.45, 2.75) is 12.5 Å². The summed E-state index contributed by atoms with van der Waals surface area (Å²) in [5.74, 6) is -1.08. The summed E-state index contributed by atoms with van der Waals surface area (Å²) in [6.45, 7) is 0. The second-order valence-electron chi connectivity index (χ2n) is 3.45. The Morgan fingerprint density at radius 1 is 1.27 bits per heavy atom. The molecule has 2 rings (SSSR count). The number of benzene rings is 1. The Hall–Kier alpha value is -0.840. The number of anilines is 1. The minimum absolute atomic E-state index is 0.0833. The summed E-state index contributed by atoms with van der Waals surface area (Å²) in [5.41, 5.74) is -0.0833. The average molecular weight is 233 g/mol. The van der Waals surface area contributed by atoms with Gasteiger partial charge in [-0.2, -0.15) is 11.8 Å². The molecule has 0 aliphatic carbocycles. The Labute approximate surface area is 90.1 Å². The fourth-order valence-corrected chi connectivity index (χ4v) is 2.68. The third-order valence-corrected chi connectivity index (χ3v) is 3.44. The van der Waals surface area contributed by atoms with Crippen LogP contribution in [0.25, 0.3) is 0 Å². The molecule has 0 aromatic heterocycles. The Morgan fingerprint density at radius 3 is 2.73 bits per heavy atom. The number of nitrogens with one attached hydrogen (secondary N) is 1. The van der Waals surface area contributed by atoms with Gasteiger partial charge < -0.3 is 5.32 Å². The second kappa shape index (κ2) is 4.35. The van der Waals surface area contributed by atoms with Gasteiger partial charge in [-0.15, -0.1) is 0 Å². The maximum Gasteiger partial charge on any atom is 0.182 e. The van der Waals surface area contributed by atoms with Crippen LogP contribution in [-0.4, -0.2) is 17.5 Å². The van der Waals surface area contributed by atoms with E-state index in [0.29, 0.717) is 6.07 Å². The quantitative estimate of drug-likeness (QED) is 0.788. The largest absolute Gasteiger partial charge is 0.379 e. The SMILES string of the molecule is Fc1cc(F)c(F)c(NC2CCSC2)c1. The molecule has 1 aliphatic heterocycles. The summed E-state index contributed by atoms with van der Waals surface area (Å²) in [6, 6.07) is 1.64. The Balaban J connectivity index is 2.19. The molecule has 0 amide bonds. The molecule has 1 saturated heterocycles. The first-order valence-corrected chi connectivity index (χ1v) is 5.81. The summed E-state index contributed by atoms with van der Waals surface area (Å²) in [4.78, 5) is 0. The maximum absolute atomic E-state index is 13.2. The lowest BCUT2D eigenvalue weighted by Crippen LogP contribution is -2.19. The molecule has 1 aliphatic rings. The highest BCUT2D eigenvalue weighted by Gasteiger charge is 2.18. The first-order valence-electron chi connectivity index (χ1n) is 4.65. The number of hydrogen-bond donors (Lipinski definition) is 1. The zero-order valence-corrected chi connectivity index (χ0v) is 8.71. The highest BCUT2D eigenvalue weighted by Crippen LogP contribution is 2.24. The summed E-state index contributed by atoms with van der Waals surface area (Å²) in [6.07, 6.45) is 0.891. The van der Waals surface area contributed by atoms with Gasteiger partial charge in [-0.3, -0.25) is 0 Å². The third-order valence-electron chi connectivity index (χ3n) is 2.28. The number of rotatable bonds is 2. The van der Waals surface area contributed by atoms with Crippen molar-refractivity contribution < 1.29 is 13.2 Å². The van der Waals surface area contributed by atoms with Crippen molar-refractivity contribution >= 4 is 17.4 Å². The van der Waals surface area contributed by atoms with E-state index in [1.54, 1.807) is 11.8 Å². The smallest absolute Gasteiger partial charge is 0.182 e. The minimum Gasteiger partial charge on any atom is -0.379 e. The fraction of sp³-hybridized carbons (Fsp3) is 0.400. The molecular weight excluding hydrogens is 223 g/mol. The maximum atomic E-state index is 13.2. The van der Waals surface area contributed by atoms with Crippen molar-refractivity contribution in [3.8, 4) is 0 Å². The number of thioether (sulfide) groups is 1. The molecule has 15 heavy (non-hydrogen) atoms. The Bertz CT molecular complexity index is 364. The summed E-state index contributed by atoms with van der Waals surface area (Å²) in [7, 11) is 0. The predicted octanol–water partition coefficient (Wildman–Crippen LogP) is 3.02. The topological polar surface area (TPSA) is 12.0 Å². The normalized spacial score (nSPS) is 20.6. The van der Waals surface area contributed by atoms with E-state index in [4.69, 9.17) is 0 Å². The summed E-state index contributed by atoms with van der Waals surface area (Å²) >= 11 is 1.74. The highest BCUT2D eigenvalue weighted by atomic mass is 32.2. The van der Waals surface area contributed by atoms with E-state index < -0.39 is 17.5 Å². The zero-order chi connectivity index (χ0) is 10.8. The molecule has 1 atom stereocenters. The molecule has 0 saturated carbocycles. The lowest BCUT2D eigenvalue weighted by atomic mass is 10.2. The van der Waals surface area contributed by atoms with Crippen molar-refractivity contribution in [2.75, 3.05) is 16.8 Å². The number of hydrogen-bond acceptors (Lipinski definition) is 2. The van der Waals surface area contributed by atoms with Crippen LogP contribution in [0.3, 0.4) is 0 Å². The molecule has 0 bridgehead atoms. The van der Waals surface area contributed by atoms with E-state index in [0.717, 1.165) is 24.0 Å². The van der Waals surface area contributed by atoms with Crippen LogP contribution in [0.5, 0.6) is 0 Å². The van der Waals surface area contributed by atoms with Crippen LogP contribution in [0.4, 0.5) is 18.9 Å². The van der Waals surface area contributed by atoms with Gasteiger partial charge in [0.2, 0.25) is 0 Å². The van der Waals surface area contributed by atoms with E-state index in [-0.39, 0.29) is 11.7 Å². The minimum atomic E-state index is -1.15. The molecule has 1 nitrogen and oxygen atoms in total. The molecule has 1 N–H and O–H groups in total. The Morgan fingerprint density at radius 2 is 2.07 bits per heavy atom. The molecule has 82 valence electrons. The summed E-state index contributed by atoms with van der Waals surface area (Å²) < 4.78 is 38.9. The summed E-state index contributed by atoms with van der Waals surface area (Å²) in [5, 5.41) is 2.81. The molecule has 5 heteroatoms. The van der Waals surface area contributed by atoms with E-state index in [1.165, 1.54) is 0 Å². The van der Waals surface area contributed by atoms with E-state index in [1.807, 2.05) is 0 Å². The molecular formula is C10H10F3NS. The van der Waals surface area contributed by atoms with Crippen LogP contribution < -0.4 is 5.32 Å². The van der Waals surface area contributed by atoms with Crippen LogP contribution in [0.15, 0.2) is 12.1 Å². The molecule has 0 radical (unpaired) electrons. The van der Waals surface area contributed by atoms with Gasteiger partial charge in [-0.1, -0.05) is 0 Å². The zero-order valence-electron chi connectivity index (χ0n) is 7.90. The molecule has 1 unspecified atom stereocenters. The van der Waals surface area contributed by atoms with E-state index in [2.05, 4.69) is 5.32 Å². The van der Waals surface area contributed by atoms with Crippen LogP contribution in [0.2, 0.25) is 0 Å². The molecule has 0 spiro atoms. The van der Waals surface area contributed by atoms with Gasteiger partial charge in [0.15, 0.2) is 11.6 Å². The van der Waals surface area contributed by atoms with Crippen LogP contribution >= 0.6 is 11.8 Å². The highest BCUT2D eigenvalue weighted by molar-refractivity contribution is 7.99. The Kier molecular flexibility index (Phi) is 3.09. The average Bonchev–Trinajstić information content (AvgIpc) is 2.66. The van der Waals surface area contributed by atoms with Crippen LogP contribution in [0, 0.1) is 17.5 Å². The molecule has 1 aromatic rings. The van der Waals surface area contributed by atoms with Crippen molar-refractivity contribution in [2.24, 2.45) is 0 Å². The molecule has 1 fully saturated rings. The first kappa shape index (κ1) is 10.7. The second-order valence-corrected chi connectivity index (χ2v) is 4.60. The van der Waals surface area contributed by atoms with Crippen LogP contribution in [-0.2, 0) is 0 Å². The van der Waals surface area contributed by atoms with Gasteiger partial charge in [-0.25, -0.2) is 13.2 Å². The van der Waals surface area contributed by atoms with Gasteiger partial charge in [0, 0.05) is 23.9 Å². The van der Waals surface area contributed by atoms with Crippen molar-refractivity contribution in [3.05, 3.63) is 29.6 Å².